The highest BCUT2D eigenvalue weighted by Gasteiger charge is 2.16. The number of halogens is 1. The largest absolute Gasteiger partial charge is 0.345 e. The second kappa shape index (κ2) is 9.29. The van der Waals surface area contributed by atoms with Crippen LogP contribution in [-0.2, 0) is 13.1 Å². The molecule has 8 heteroatoms. The van der Waals surface area contributed by atoms with Gasteiger partial charge in [0, 0.05) is 24.2 Å². The molecule has 1 saturated carbocycles. The van der Waals surface area contributed by atoms with Gasteiger partial charge in [0.1, 0.15) is 16.5 Å². The number of amides is 1. The van der Waals surface area contributed by atoms with E-state index in [-0.39, 0.29) is 17.8 Å². The number of nitrogens with zero attached hydrogens (tertiary/aromatic N) is 3. The molecule has 1 amide bonds. The Balaban J connectivity index is 1.29. The molecule has 1 aliphatic carbocycles. The van der Waals surface area contributed by atoms with Gasteiger partial charge in [-0.1, -0.05) is 36.2 Å². The molecule has 1 aromatic carbocycles. The topological polar surface area (TPSA) is 88.4 Å². The van der Waals surface area contributed by atoms with Crippen LogP contribution in [-0.4, -0.2) is 26.8 Å². The molecule has 1 aliphatic rings. The van der Waals surface area contributed by atoms with Gasteiger partial charge < -0.3 is 10.6 Å². The van der Waals surface area contributed by atoms with E-state index in [9.17, 15) is 9.59 Å². The number of rotatable bonds is 7. The van der Waals surface area contributed by atoms with Crippen molar-refractivity contribution in [1.82, 2.24) is 25.0 Å². The molecular formula is C25H24ClN5O2. The summed E-state index contributed by atoms with van der Waals surface area (Å²) in [7, 11) is 0. The zero-order valence-electron chi connectivity index (χ0n) is 18.1. The van der Waals surface area contributed by atoms with Crippen LogP contribution >= 0.6 is 11.6 Å². The summed E-state index contributed by atoms with van der Waals surface area (Å²) in [5.41, 5.74) is 1.99. The van der Waals surface area contributed by atoms with E-state index in [1.807, 2.05) is 12.1 Å². The maximum absolute atomic E-state index is 12.6. The Morgan fingerprint density at radius 3 is 2.79 bits per heavy atom. The Labute approximate surface area is 195 Å². The molecule has 0 atom stereocenters. The Kier molecular flexibility index (Phi) is 6.07. The highest BCUT2D eigenvalue weighted by Crippen LogP contribution is 2.26. The molecule has 33 heavy (non-hydrogen) atoms. The molecule has 7 nitrogen and oxygen atoms in total. The SMILES string of the molecule is O=C(NCc1cc2cc(CNCC3CCC3)ccc2c(Cl)n1)c1cc(=O)n2ccccc2n1. The first-order chi connectivity index (χ1) is 16.1. The summed E-state index contributed by atoms with van der Waals surface area (Å²) in [6.07, 6.45) is 5.61. The van der Waals surface area contributed by atoms with Gasteiger partial charge in [-0.05, 0) is 60.5 Å². The van der Waals surface area contributed by atoms with Crippen molar-refractivity contribution >= 4 is 33.9 Å². The third-order valence-corrected chi connectivity index (χ3v) is 6.41. The molecule has 0 spiro atoms. The van der Waals surface area contributed by atoms with Gasteiger partial charge in [-0.15, -0.1) is 0 Å². The lowest BCUT2D eigenvalue weighted by molar-refractivity contribution is 0.0945. The lowest BCUT2D eigenvalue weighted by Gasteiger charge is -2.25. The number of hydrogen-bond donors (Lipinski definition) is 2. The van der Waals surface area contributed by atoms with Crippen LogP contribution in [0.15, 0.2) is 59.5 Å². The van der Waals surface area contributed by atoms with E-state index in [1.165, 1.54) is 35.3 Å². The van der Waals surface area contributed by atoms with Gasteiger partial charge in [-0.25, -0.2) is 9.97 Å². The summed E-state index contributed by atoms with van der Waals surface area (Å²) >= 11 is 6.41. The molecule has 0 unspecified atom stereocenters. The minimum Gasteiger partial charge on any atom is -0.345 e. The van der Waals surface area contributed by atoms with E-state index in [2.05, 4.69) is 32.7 Å². The highest BCUT2D eigenvalue weighted by atomic mass is 35.5. The predicted molar refractivity (Wildman–Crippen MR) is 128 cm³/mol. The molecule has 1 fully saturated rings. The summed E-state index contributed by atoms with van der Waals surface area (Å²) in [5.74, 6) is 0.373. The van der Waals surface area contributed by atoms with Crippen molar-refractivity contribution in [3.05, 3.63) is 87.2 Å². The smallest absolute Gasteiger partial charge is 0.270 e. The fraction of sp³-hybridized carbons (Fsp3) is 0.280. The summed E-state index contributed by atoms with van der Waals surface area (Å²) in [5, 5.41) is 8.57. The van der Waals surface area contributed by atoms with Gasteiger partial charge >= 0.3 is 0 Å². The van der Waals surface area contributed by atoms with Crippen LogP contribution in [0.5, 0.6) is 0 Å². The Morgan fingerprint density at radius 2 is 1.97 bits per heavy atom. The van der Waals surface area contributed by atoms with Crippen LogP contribution in [0.4, 0.5) is 0 Å². The third kappa shape index (κ3) is 4.74. The molecule has 5 rings (SSSR count). The maximum atomic E-state index is 12.6. The highest BCUT2D eigenvalue weighted by molar-refractivity contribution is 6.34. The number of aromatic nitrogens is 3. The van der Waals surface area contributed by atoms with Gasteiger partial charge in [-0.3, -0.25) is 14.0 Å². The van der Waals surface area contributed by atoms with Crippen molar-refractivity contribution in [3.63, 3.8) is 0 Å². The lowest BCUT2D eigenvalue weighted by Crippen LogP contribution is -2.27. The third-order valence-electron chi connectivity index (χ3n) is 6.12. The normalized spacial score (nSPS) is 13.8. The van der Waals surface area contributed by atoms with Crippen LogP contribution in [0.3, 0.4) is 0 Å². The summed E-state index contributed by atoms with van der Waals surface area (Å²) in [6, 6.07) is 14.5. The lowest BCUT2D eigenvalue weighted by atomic mass is 9.85. The molecule has 2 N–H and O–H groups in total. The van der Waals surface area contributed by atoms with E-state index < -0.39 is 5.91 Å². The minimum atomic E-state index is -0.439. The quantitative estimate of drug-likeness (QED) is 0.409. The number of carbonyl (C=O) groups excluding carboxylic acids is 1. The predicted octanol–water partition coefficient (Wildman–Crippen LogP) is 3.72. The first-order valence-corrected chi connectivity index (χ1v) is 11.5. The van der Waals surface area contributed by atoms with Crippen molar-refractivity contribution < 1.29 is 4.79 Å². The van der Waals surface area contributed by atoms with Gasteiger partial charge in [0.25, 0.3) is 11.5 Å². The van der Waals surface area contributed by atoms with Crippen LogP contribution in [0.1, 0.15) is 41.0 Å². The molecule has 168 valence electrons. The average molecular weight is 462 g/mol. The van der Waals surface area contributed by atoms with E-state index in [0.717, 1.165) is 29.8 Å². The molecule has 4 aromatic rings. The van der Waals surface area contributed by atoms with Gasteiger partial charge in [-0.2, -0.15) is 0 Å². The zero-order chi connectivity index (χ0) is 22.8. The fourth-order valence-electron chi connectivity index (χ4n) is 4.07. The fourth-order valence-corrected chi connectivity index (χ4v) is 4.35. The number of hydrogen-bond acceptors (Lipinski definition) is 5. The monoisotopic (exact) mass is 461 g/mol. The number of nitrogens with one attached hydrogen (secondary N) is 2. The van der Waals surface area contributed by atoms with Crippen molar-refractivity contribution in [2.75, 3.05) is 6.54 Å². The average Bonchev–Trinajstić information content (AvgIpc) is 2.79. The number of pyridine rings is 2. The van der Waals surface area contributed by atoms with E-state index in [1.54, 1.807) is 24.4 Å². The van der Waals surface area contributed by atoms with E-state index >= 15 is 0 Å². The number of carbonyl (C=O) groups is 1. The summed E-state index contributed by atoms with van der Waals surface area (Å²) in [6.45, 7) is 2.04. The van der Waals surface area contributed by atoms with E-state index in [4.69, 9.17) is 11.6 Å². The first-order valence-electron chi connectivity index (χ1n) is 11.1. The Hall–Kier alpha value is -3.29. The molecule has 0 saturated heterocycles. The van der Waals surface area contributed by atoms with Crippen molar-refractivity contribution in [2.45, 2.75) is 32.4 Å². The Morgan fingerprint density at radius 1 is 1.09 bits per heavy atom. The van der Waals surface area contributed by atoms with E-state index in [0.29, 0.717) is 16.5 Å². The van der Waals surface area contributed by atoms with Crippen LogP contribution in [0.25, 0.3) is 16.4 Å². The van der Waals surface area contributed by atoms with Crippen LogP contribution in [0.2, 0.25) is 5.15 Å². The number of benzene rings is 1. The molecule has 3 heterocycles. The zero-order valence-corrected chi connectivity index (χ0v) is 18.8. The van der Waals surface area contributed by atoms with Crippen LogP contribution < -0.4 is 16.2 Å². The molecule has 0 radical (unpaired) electrons. The maximum Gasteiger partial charge on any atom is 0.270 e. The second-order valence-electron chi connectivity index (χ2n) is 8.48. The molecule has 0 aliphatic heterocycles. The number of fused-ring (bicyclic) bond motifs is 2. The molecule has 3 aromatic heterocycles. The Bertz CT molecular complexity index is 1400. The second-order valence-corrected chi connectivity index (χ2v) is 8.84. The molecule has 0 bridgehead atoms. The summed E-state index contributed by atoms with van der Waals surface area (Å²) < 4.78 is 1.39. The molecular weight excluding hydrogens is 438 g/mol. The summed E-state index contributed by atoms with van der Waals surface area (Å²) in [4.78, 5) is 33.6. The first kappa shape index (κ1) is 21.6. The minimum absolute atomic E-state index is 0.0675. The van der Waals surface area contributed by atoms with Crippen molar-refractivity contribution in [2.24, 2.45) is 5.92 Å². The van der Waals surface area contributed by atoms with Gasteiger partial charge in [0.2, 0.25) is 0 Å². The van der Waals surface area contributed by atoms with Crippen molar-refractivity contribution in [3.8, 4) is 0 Å². The van der Waals surface area contributed by atoms with Gasteiger partial charge in [0.05, 0.1) is 12.2 Å². The van der Waals surface area contributed by atoms with Gasteiger partial charge in [0.15, 0.2) is 0 Å². The van der Waals surface area contributed by atoms with Crippen molar-refractivity contribution in [1.29, 1.82) is 0 Å². The standard InChI is InChI=1S/C25H24ClN5O2/c26-24-20-8-7-17(14-27-13-16-4-3-5-16)10-18(20)11-19(29-24)15-28-25(33)21-12-23(32)31-9-2-1-6-22(31)30-21/h1-2,6-12,16,27H,3-5,13-15H2,(H,28,33). The van der Waals surface area contributed by atoms with Crippen LogP contribution in [0, 0.1) is 5.92 Å².